The molecule has 1 aromatic carbocycles. The van der Waals surface area contributed by atoms with Crippen LogP contribution in [0.5, 0.6) is 0 Å². The third-order valence-electron chi connectivity index (χ3n) is 3.79. The minimum absolute atomic E-state index is 0.288. The molecule has 0 saturated carbocycles. The van der Waals surface area contributed by atoms with Crippen LogP contribution in [0.15, 0.2) is 23.1 Å². The van der Waals surface area contributed by atoms with Crippen LogP contribution in [0, 0.1) is 0 Å². The predicted molar refractivity (Wildman–Crippen MR) is 79.2 cm³/mol. The van der Waals surface area contributed by atoms with Crippen molar-refractivity contribution in [3.63, 3.8) is 0 Å². The molecule has 0 aromatic heterocycles. The molecule has 0 radical (unpaired) electrons. The summed E-state index contributed by atoms with van der Waals surface area (Å²) in [5, 5.41) is 0. The SMILES string of the molecule is CC1CCCCCN1c1ccc(S(C)(=O)=O)cc1N. The molecule has 1 heterocycles. The second kappa shape index (κ2) is 5.41. The van der Waals surface area contributed by atoms with Crippen molar-refractivity contribution >= 4 is 21.2 Å². The highest BCUT2D eigenvalue weighted by Crippen LogP contribution is 2.30. The maximum Gasteiger partial charge on any atom is 0.175 e. The molecule has 1 aromatic rings. The van der Waals surface area contributed by atoms with E-state index in [0.29, 0.717) is 11.7 Å². The van der Waals surface area contributed by atoms with Gasteiger partial charge in [-0.1, -0.05) is 12.8 Å². The van der Waals surface area contributed by atoms with E-state index in [-0.39, 0.29) is 4.90 Å². The molecule has 1 fully saturated rings. The number of hydrogen-bond acceptors (Lipinski definition) is 4. The standard InChI is InChI=1S/C14H22N2O2S/c1-11-6-4-3-5-9-16(11)14-8-7-12(10-13(14)15)19(2,17)18/h7-8,10-11H,3-6,9,15H2,1-2H3. The van der Waals surface area contributed by atoms with E-state index in [1.165, 1.54) is 19.1 Å². The topological polar surface area (TPSA) is 63.4 Å². The van der Waals surface area contributed by atoms with E-state index in [4.69, 9.17) is 5.73 Å². The van der Waals surface area contributed by atoms with Crippen LogP contribution in [-0.4, -0.2) is 27.3 Å². The molecule has 1 atom stereocenters. The van der Waals surface area contributed by atoms with E-state index >= 15 is 0 Å². The van der Waals surface area contributed by atoms with Crippen LogP contribution in [0.25, 0.3) is 0 Å². The molecule has 2 rings (SSSR count). The van der Waals surface area contributed by atoms with Crippen LogP contribution in [0.2, 0.25) is 0 Å². The van der Waals surface area contributed by atoms with Crippen LogP contribution in [-0.2, 0) is 9.84 Å². The zero-order chi connectivity index (χ0) is 14.0. The Kier molecular flexibility index (Phi) is 4.04. The fraction of sp³-hybridized carbons (Fsp3) is 0.571. The largest absolute Gasteiger partial charge is 0.397 e. The third kappa shape index (κ3) is 3.21. The van der Waals surface area contributed by atoms with Crippen LogP contribution in [0.3, 0.4) is 0 Å². The third-order valence-corrected chi connectivity index (χ3v) is 4.90. The lowest BCUT2D eigenvalue weighted by atomic mass is 10.1. The summed E-state index contributed by atoms with van der Waals surface area (Å²) < 4.78 is 23.0. The first-order valence-electron chi connectivity index (χ1n) is 6.76. The molecule has 19 heavy (non-hydrogen) atoms. The molecular formula is C14H22N2O2S. The number of sulfone groups is 1. The minimum Gasteiger partial charge on any atom is -0.397 e. The molecular weight excluding hydrogens is 260 g/mol. The van der Waals surface area contributed by atoms with Gasteiger partial charge in [0.1, 0.15) is 0 Å². The van der Waals surface area contributed by atoms with Crippen molar-refractivity contribution in [1.82, 2.24) is 0 Å². The summed E-state index contributed by atoms with van der Waals surface area (Å²) in [5.41, 5.74) is 7.57. The second-order valence-corrected chi connectivity index (χ2v) is 7.40. The number of nitrogen functional groups attached to an aromatic ring is 1. The first kappa shape index (κ1) is 14.2. The summed E-state index contributed by atoms with van der Waals surface area (Å²) in [5.74, 6) is 0. The molecule has 106 valence electrons. The summed E-state index contributed by atoms with van der Waals surface area (Å²) >= 11 is 0. The Labute approximate surface area is 115 Å². The van der Waals surface area contributed by atoms with E-state index < -0.39 is 9.84 Å². The second-order valence-electron chi connectivity index (χ2n) is 5.38. The van der Waals surface area contributed by atoms with E-state index in [1.54, 1.807) is 12.1 Å². The Morgan fingerprint density at radius 3 is 2.63 bits per heavy atom. The van der Waals surface area contributed by atoms with Crippen molar-refractivity contribution in [2.24, 2.45) is 0 Å². The first-order valence-corrected chi connectivity index (χ1v) is 8.65. The monoisotopic (exact) mass is 282 g/mol. The van der Waals surface area contributed by atoms with E-state index in [0.717, 1.165) is 25.1 Å². The van der Waals surface area contributed by atoms with E-state index in [9.17, 15) is 8.42 Å². The van der Waals surface area contributed by atoms with Gasteiger partial charge in [-0.05, 0) is 38.0 Å². The minimum atomic E-state index is -3.19. The number of benzene rings is 1. The van der Waals surface area contributed by atoms with Gasteiger partial charge in [0.25, 0.3) is 0 Å². The summed E-state index contributed by atoms with van der Waals surface area (Å²) in [7, 11) is -3.19. The molecule has 0 spiro atoms. The molecule has 0 aliphatic carbocycles. The average molecular weight is 282 g/mol. The Balaban J connectivity index is 2.35. The van der Waals surface area contributed by atoms with Crippen molar-refractivity contribution in [2.45, 2.75) is 43.5 Å². The average Bonchev–Trinajstić information content (AvgIpc) is 2.53. The van der Waals surface area contributed by atoms with Crippen molar-refractivity contribution < 1.29 is 8.42 Å². The van der Waals surface area contributed by atoms with Crippen LogP contribution in [0.4, 0.5) is 11.4 Å². The maximum absolute atomic E-state index is 11.5. The summed E-state index contributed by atoms with van der Waals surface area (Å²) in [6.07, 6.45) is 6.03. The first-order chi connectivity index (χ1) is 8.89. The smallest absolute Gasteiger partial charge is 0.175 e. The lowest BCUT2D eigenvalue weighted by molar-refractivity contribution is 0.601. The highest BCUT2D eigenvalue weighted by atomic mass is 32.2. The normalized spacial score (nSPS) is 21.2. The Morgan fingerprint density at radius 1 is 1.26 bits per heavy atom. The molecule has 4 nitrogen and oxygen atoms in total. The maximum atomic E-state index is 11.5. The molecule has 1 unspecified atom stereocenters. The lowest BCUT2D eigenvalue weighted by Gasteiger charge is -2.30. The van der Waals surface area contributed by atoms with Gasteiger partial charge in [0.15, 0.2) is 9.84 Å². The number of nitrogens with zero attached hydrogens (tertiary/aromatic N) is 1. The Hall–Kier alpha value is -1.23. The van der Waals surface area contributed by atoms with Crippen molar-refractivity contribution in [3.8, 4) is 0 Å². The van der Waals surface area contributed by atoms with Gasteiger partial charge in [0.05, 0.1) is 16.3 Å². The van der Waals surface area contributed by atoms with Gasteiger partial charge in [-0.15, -0.1) is 0 Å². The van der Waals surface area contributed by atoms with Gasteiger partial charge >= 0.3 is 0 Å². The van der Waals surface area contributed by atoms with Gasteiger partial charge in [0.2, 0.25) is 0 Å². The number of anilines is 2. The van der Waals surface area contributed by atoms with Gasteiger partial charge in [-0.2, -0.15) is 0 Å². The molecule has 2 N–H and O–H groups in total. The predicted octanol–water partition coefficient (Wildman–Crippen LogP) is 2.44. The Morgan fingerprint density at radius 2 is 2.00 bits per heavy atom. The fourth-order valence-electron chi connectivity index (χ4n) is 2.66. The van der Waals surface area contributed by atoms with E-state index in [1.807, 2.05) is 6.07 Å². The van der Waals surface area contributed by atoms with Gasteiger partial charge in [0, 0.05) is 18.8 Å². The molecule has 0 bridgehead atoms. The lowest BCUT2D eigenvalue weighted by Crippen LogP contribution is -2.33. The highest BCUT2D eigenvalue weighted by Gasteiger charge is 2.20. The number of hydrogen-bond donors (Lipinski definition) is 1. The van der Waals surface area contributed by atoms with Crippen molar-refractivity contribution in [2.75, 3.05) is 23.4 Å². The Bertz CT molecular complexity index is 555. The zero-order valence-electron chi connectivity index (χ0n) is 11.6. The van der Waals surface area contributed by atoms with Crippen molar-refractivity contribution in [1.29, 1.82) is 0 Å². The number of nitrogens with two attached hydrogens (primary N) is 1. The summed E-state index contributed by atoms with van der Waals surface area (Å²) in [6, 6.07) is 5.52. The molecule has 1 saturated heterocycles. The van der Waals surface area contributed by atoms with Crippen LogP contribution >= 0.6 is 0 Å². The molecule has 1 aliphatic heterocycles. The van der Waals surface area contributed by atoms with Gasteiger partial charge < -0.3 is 10.6 Å². The highest BCUT2D eigenvalue weighted by molar-refractivity contribution is 7.90. The van der Waals surface area contributed by atoms with Crippen LogP contribution < -0.4 is 10.6 Å². The number of rotatable bonds is 2. The summed E-state index contributed by atoms with van der Waals surface area (Å²) in [6.45, 7) is 3.19. The van der Waals surface area contributed by atoms with E-state index in [2.05, 4.69) is 11.8 Å². The van der Waals surface area contributed by atoms with Crippen LogP contribution in [0.1, 0.15) is 32.6 Å². The molecule has 5 heteroatoms. The molecule has 1 aliphatic rings. The van der Waals surface area contributed by atoms with Crippen molar-refractivity contribution in [3.05, 3.63) is 18.2 Å². The quantitative estimate of drug-likeness (QED) is 0.846. The van der Waals surface area contributed by atoms with Gasteiger partial charge in [-0.25, -0.2) is 8.42 Å². The van der Waals surface area contributed by atoms with Gasteiger partial charge in [-0.3, -0.25) is 0 Å². The fourth-order valence-corrected chi connectivity index (χ4v) is 3.31. The molecule has 0 amide bonds. The zero-order valence-corrected chi connectivity index (χ0v) is 12.4. The summed E-state index contributed by atoms with van der Waals surface area (Å²) in [4.78, 5) is 2.59.